The van der Waals surface area contributed by atoms with Gasteiger partial charge in [0.25, 0.3) is 0 Å². The second-order valence-electron chi connectivity index (χ2n) is 5.88. The molecule has 0 atom stereocenters. The van der Waals surface area contributed by atoms with Crippen molar-refractivity contribution in [1.82, 2.24) is 4.37 Å². The van der Waals surface area contributed by atoms with Crippen LogP contribution in [-0.2, 0) is 0 Å². The molecule has 1 heterocycles. The number of hydrogen-bond acceptors (Lipinski definition) is 4. The van der Waals surface area contributed by atoms with Crippen molar-refractivity contribution in [3.8, 4) is 11.3 Å². The highest BCUT2D eigenvalue weighted by Gasteiger charge is 2.31. The Hall–Kier alpha value is -2.50. The number of para-hydroxylation sites is 1. The number of aromatic nitrogens is 1. The van der Waals surface area contributed by atoms with Crippen LogP contribution in [0.1, 0.15) is 15.9 Å². The molecule has 0 saturated heterocycles. The first kappa shape index (κ1) is 14.8. The minimum Gasteiger partial charge on any atom is -0.354 e. The first-order valence-corrected chi connectivity index (χ1v) is 9.39. The third-order valence-electron chi connectivity index (χ3n) is 4.41. The van der Waals surface area contributed by atoms with Gasteiger partial charge in [0.15, 0.2) is 5.78 Å². The van der Waals surface area contributed by atoms with Gasteiger partial charge in [0.1, 0.15) is 0 Å². The van der Waals surface area contributed by atoms with E-state index >= 15 is 0 Å². The Kier molecular flexibility index (Phi) is 3.26. The number of halogens is 1. The van der Waals surface area contributed by atoms with E-state index in [0.29, 0.717) is 11.1 Å². The quantitative estimate of drug-likeness (QED) is 0.390. The van der Waals surface area contributed by atoms with E-state index in [4.69, 9.17) is 0 Å². The van der Waals surface area contributed by atoms with Gasteiger partial charge in [-0.1, -0.05) is 42.5 Å². The van der Waals surface area contributed by atoms with Gasteiger partial charge in [-0.25, -0.2) is 0 Å². The fourth-order valence-corrected chi connectivity index (χ4v) is 4.81. The molecule has 0 bridgehead atoms. The molecule has 0 spiro atoms. The number of anilines is 2. The summed E-state index contributed by atoms with van der Waals surface area (Å²) in [5.41, 5.74) is 4.94. The van der Waals surface area contributed by atoms with Crippen LogP contribution in [0.4, 0.5) is 11.4 Å². The highest BCUT2D eigenvalue weighted by Crippen LogP contribution is 2.46. The topological polar surface area (TPSA) is 42.0 Å². The molecule has 120 valence electrons. The van der Waals surface area contributed by atoms with Gasteiger partial charge in [0, 0.05) is 26.7 Å². The summed E-state index contributed by atoms with van der Waals surface area (Å²) in [5, 5.41) is 4.35. The summed E-state index contributed by atoms with van der Waals surface area (Å²) in [7, 11) is 0. The van der Waals surface area contributed by atoms with Gasteiger partial charge in [-0.2, -0.15) is 4.37 Å². The van der Waals surface area contributed by atoms with Crippen LogP contribution in [0, 0.1) is 0 Å². The van der Waals surface area contributed by atoms with Crippen molar-refractivity contribution in [2.24, 2.45) is 0 Å². The number of fused-ring (bicyclic) bond motifs is 2. The van der Waals surface area contributed by atoms with Crippen molar-refractivity contribution in [2.75, 3.05) is 5.32 Å². The zero-order valence-corrected chi connectivity index (χ0v) is 15.3. The van der Waals surface area contributed by atoms with Crippen molar-refractivity contribution in [2.45, 2.75) is 0 Å². The van der Waals surface area contributed by atoms with Gasteiger partial charge in [0.05, 0.1) is 21.6 Å². The molecular formula is C20H11BrN2OS. The fourth-order valence-electron chi connectivity index (χ4n) is 3.30. The Bertz CT molecular complexity index is 1150. The molecule has 3 aromatic carbocycles. The standard InChI is InChI=1S/C20H11BrN2OS/c21-14-10-15-16-17(19(14)22-11-6-2-1-3-7-11)20(24)13-9-5-4-8-12(13)18(16)23-25-15/h1-10,22H. The van der Waals surface area contributed by atoms with E-state index in [9.17, 15) is 4.79 Å². The van der Waals surface area contributed by atoms with E-state index < -0.39 is 0 Å². The first-order valence-electron chi connectivity index (χ1n) is 7.82. The Labute approximate surface area is 156 Å². The molecule has 0 fully saturated rings. The van der Waals surface area contributed by atoms with Crippen LogP contribution in [0.15, 0.2) is 65.1 Å². The van der Waals surface area contributed by atoms with E-state index in [0.717, 1.165) is 37.2 Å². The monoisotopic (exact) mass is 406 g/mol. The number of ketones is 1. The van der Waals surface area contributed by atoms with Gasteiger partial charge in [0.2, 0.25) is 0 Å². The molecule has 3 nitrogen and oxygen atoms in total. The number of nitrogens with one attached hydrogen (secondary N) is 1. The average Bonchev–Trinajstić information content (AvgIpc) is 3.06. The van der Waals surface area contributed by atoms with E-state index in [1.165, 1.54) is 11.5 Å². The maximum Gasteiger partial charge on any atom is 0.196 e. The molecule has 4 aromatic rings. The maximum absolute atomic E-state index is 13.3. The predicted octanol–water partition coefficient (Wildman–Crippen LogP) is 6.01. The summed E-state index contributed by atoms with van der Waals surface area (Å²) in [6, 6.07) is 19.6. The summed E-state index contributed by atoms with van der Waals surface area (Å²) in [6.07, 6.45) is 0. The summed E-state index contributed by atoms with van der Waals surface area (Å²) in [5.74, 6) is 0.0352. The van der Waals surface area contributed by atoms with E-state index in [1.807, 2.05) is 60.7 Å². The van der Waals surface area contributed by atoms with Crippen LogP contribution in [0.3, 0.4) is 0 Å². The van der Waals surface area contributed by atoms with Gasteiger partial charge in [-0.3, -0.25) is 4.79 Å². The predicted molar refractivity (Wildman–Crippen MR) is 106 cm³/mol. The Morgan fingerprint density at radius 3 is 2.48 bits per heavy atom. The number of carbonyl (C=O) groups is 1. The average molecular weight is 407 g/mol. The van der Waals surface area contributed by atoms with Crippen molar-refractivity contribution >= 4 is 54.7 Å². The lowest BCUT2D eigenvalue weighted by atomic mass is 9.86. The molecule has 1 aliphatic rings. The molecular weight excluding hydrogens is 396 g/mol. The van der Waals surface area contributed by atoms with Gasteiger partial charge in [-0.15, -0.1) is 0 Å². The lowest BCUT2D eigenvalue weighted by Crippen LogP contribution is -2.12. The van der Waals surface area contributed by atoms with Crippen LogP contribution in [0.2, 0.25) is 0 Å². The van der Waals surface area contributed by atoms with Gasteiger partial charge in [-0.05, 0) is 45.7 Å². The van der Waals surface area contributed by atoms with Crippen LogP contribution in [0.5, 0.6) is 0 Å². The molecule has 0 amide bonds. The van der Waals surface area contributed by atoms with Crippen LogP contribution < -0.4 is 5.32 Å². The summed E-state index contributed by atoms with van der Waals surface area (Å²) < 4.78 is 6.51. The van der Waals surface area contributed by atoms with Crippen LogP contribution >= 0.6 is 27.5 Å². The third-order valence-corrected chi connectivity index (χ3v) is 5.83. The Balaban J connectivity index is 1.83. The lowest BCUT2D eigenvalue weighted by molar-refractivity contribution is 0.104. The van der Waals surface area contributed by atoms with Crippen molar-refractivity contribution < 1.29 is 4.79 Å². The SMILES string of the molecule is O=C1c2ccccc2-c2nsc3cc(Br)c(Nc4ccccc4)c1c23. The number of benzene rings is 3. The van der Waals surface area contributed by atoms with E-state index in [2.05, 4.69) is 25.6 Å². The number of rotatable bonds is 2. The molecule has 5 rings (SSSR count). The van der Waals surface area contributed by atoms with Crippen LogP contribution in [0.25, 0.3) is 21.3 Å². The molecule has 0 saturated carbocycles. The smallest absolute Gasteiger partial charge is 0.196 e. The zero-order chi connectivity index (χ0) is 17.0. The number of carbonyl (C=O) groups excluding carboxylic acids is 1. The van der Waals surface area contributed by atoms with Gasteiger partial charge >= 0.3 is 0 Å². The third kappa shape index (κ3) is 2.16. The fraction of sp³-hybridized carbons (Fsp3) is 0. The van der Waals surface area contributed by atoms with Crippen molar-refractivity contribution in [3.05, 3.63) is 76.3 Å². The molecule has 0 radical (unpaired) electrons. The van der Waals surface area contributed by atoms with Crippen LogP contribution in [-0.4, -0.2) is 10.2 Å². The largest absolute Gasteiger partial charge is 0.354 e. The lowest BCUT2D eigenvalue weighted by Gasteiger charge is -2.20. The second kappa shape index (κ2) is 5.51. The minimum atomic E-state index is 0.0352. The molecule has 0 unspecified atom stereocenters. The van der Waals surface area contributed by atoms with Crippen molar-refractivity contribution in [1.29, 1.82) is 0 Å². The first-order chi connectivity index (χ1) is 12.2. The summed E-state index contributed by atoms with van der Waals surface area (Å²) in [6.45, 7) is 0. The minimum absolute atomic E-state index is 0.0352. The number of nitrogens with zero attached hydrogens (tertiary/aromatic N) is 1. The normalized spacial score (nSPS) is 12.3. The van der Waals surface area contributed by atoms with E-state index in [1.54, 1.807) is 0 Å². The Morgan fingerprint density at radius 1 is 0.960 bits per heavy atom. The Morgan fingerprint density at radius 2 is 1.68 bits per heavy atom. The number of hydrogen-bond donors (Lipinski definition) is 1. The molecule has 0 aliphatic heterocycles. The van der Waals surface area contributed by atoms with Crippen molar-refractivity contribution in [3.63, 3.8) is 0 Å². The highest BCUT2D eigenvalue weighted by atomic mass is 79.9. The summed E-state index contributed by atoms with van der Waals surface area (Å²) in [4.78, 5) is 13.3. The maximum atomic E-state index is 13.3. The molecule has 5 heteroatoms. The zero-order valence-electron chi connectivity index (χ0n) is 12.9. The summed E-state index contributed by atoms with van der Waals surface area (Å²) >= 11 is 5.06. The molecule has 1 N–H and O–H groups in total. The van der Waals surface area contributed by atoms with E-state index in [-0.39, 0.29) is 5.78 Å². The molecule has 25 heavy (non-hydrogen) atoms. The molecule has 1 aromatic heterocycles. The highest BCUT2D eigenvalue weighted by molar-refractivity contribution is 9.10. The second-order valence-corrected chi connectivity index (χ2v) is 7.54. The molecule has 1 aliphatic carbocycles. The van der Waals surface area contributed by atoms with Gasteiger partial charge < -0.3 is 5.32 Å².